The second kappa shape index (κ2) is 9.65. The van der Waals surface area contributed by atoms with E-state index in [1.807, 2.05) is 24.3 Å². The van der Waals surface area contributed by atoms with Gasteiger partial charge in [0.25, 0.3) is 0 Å². The Kier molecular flexibility index (Phi) is 6.86. The Morgan fingerprint density at radius 1 is 1.06 bits per heavy atom. The van der Waals surface area contributed by atoms with Crippen LogP contribution in [0.25, 0.3) is 0 Å². The van der Waals surface area contributed by atoms with Gasteiger partial charge >= 0.3 is 0 Å². The number of piperidine rings is 1. The van der Waals surface area contributed by atoms with Crippen LogP contribution >= 0.6 is 0 Å². The third-order valence-corrected chi connectivity index (χ3v) is 8.51. The molecule has 2 amide bonds. The molecule has 0 saturated carbocycles. The molecule has 176 valence electrons. The van der Waals surface area contributed by atoms with Crippen molar-refractivity contribution in [2.45, 2.75) is 50.8 Å². The molecule has 2 aromatic carbocycles. The maximum Gasteiger partial charge on any atom is 0.243 e. The molecule has 0 radical (unpaired) electrons. The van der Waals surface area contributed by atoms with E-state index in [0.29, 0.717) is 32.5 Å². The number of anilines is 2. The van der Waals surface area contributed by atoms with Crippen molar-refractivity contribution < 1.29 is 18.0 Å². The minimum Gasteiger partial charge on any atom is -0.326 e. The Hall–Kier alpha value is -2.71. The third-order valence-electron chi connectivity index (χ3n) is 6.61. The zero-order valence-electron chi connectivity index (χ0n) is 19.2. The van der Waals surface area contributed by atoms with Gasteiger partial charge in [0.15, 0.2) is 0 Å². The lowest BCUT2D eigenvalue weighted by atomic mass is 9.97. The summed E-state index contributed by atoms with van der Waals surface area (Å²) >= 11 is 0. The number of sulfonamides is 1. The second-order valence-electron chi connectivity index (χ2n) is 8.79. The fourth-order valence-corrected chi connectivity index (χ4v) is 6.20. The average molecular weight is 470 g/mol. The Morgan fingerprint density at radius 2 is 1.82 bits per heavy atom. The summed E-state index contributed by atoms with van der Waals surface area (Å²) in [6, 6.07) is 12.8. The lowest BCUT2D eigenvalue weighted by molar-refractivity contribution is -0.121. The monoisotopic (exact) mass is 469 g/mol. The van der Waals surface area contributed by atoms with Crippen molar-refractivity contribution in [1.82, 2.24) is 4.31 Å². The van der Waals surface area contributed by atoms with E-state index >= 15 is 0 Å². The molecule has 1 N–H and O–H groups in total. The number of carbonyl (C=O) groups is 2. The van der Waals surface area contributed by atoms with Crippen molar-refractivity contribution in [1.29, 1.82) is 0 Å². The smallest absolute Gasteiger partial charge is 0.243 e. The van der Waals surface area contributed by atoms with E-state index in [9.17, 15) is 18.0 Å². The van der Waals surface area contributed by atoms with Gasteiger partial charge in [-0.1, -0.05) is 19.1 Å². The highest BCUT2D eigenvalue weighted by Crippen LogP contribution is 2.32. The van der Waals surface area contributed by atoms with Gasteiger partial charge in [0, 0.05) is 43.9 Å². The molecule has 1 fully saturated rings. The standard InChI is InChI=1S/C25H31N3O4S/c1-3-19-6-4-8-22(16-19)26-25(30)20-11-14-27(15-12-20)33(31,32)23-9-10-24-21(17-23)7-5-13-28(24)18(2)29/h4,6,8-10,16-17,20H,3,5,7,11-15H2,1-2H3,(H,26,30). The summed E-state index contributed by atoms with van der Waals surface area (Å²) in [5.74, 6) is -0.305. The normalized spacial score (nSPS) is 17.5. The van der Waals surface area contributed by atoms with Crippen LogP contribution in [0.5, 0.6) is 0 Å². The van der Waals surface area contributed by atoms with Crippen LogP contribution in [0.2, 0.25) is 0 Å². The molecule has 2 aliphatic rings. The van der Waals surface area contributed by atoms with Crippen LogP contribution < -0.4 is 10.2 Å². The first kappa shape index (κ1) is 23.4. The average Bonchev–Trinajstić information content (AvgIpc) is 2.83. The maximum absolute atomic E-state index is 13.3. The van der Waals surface area contributed by atoms with Crippen LogP contribution in [0, 0.1) is 5.92 Å². The molecule has 0 spiro atoms. The zero-order chi connectivity index (χ0) is 23.6. The van der Waals surface area contributed by atoms with Crippen molar-refractivity contribution in [3.63, 3.8) is 0 Å². The van der Waals surface area contributed by atoms with E-state index < -0.39 is 10.0 Å². The quantitative estimate of drug-likeness (QED) is 0.725. The number of nitrogens with zero attached hydrogens (tertiary/aromatic N) is 2. The van der Waals surface area contributed by atoms with Crippen molar-refractivity contribution >= 4 is 33.2 Å². The molecule has 2 aliphatic heterocycles. The molecule has 1 saturated heterocycles. The number of benzene rings is 2. The maximum atomic E-state index is 13.3. The number of hydrogen-bond acceptors (Lipinski definition) is 4. The Labute approximate surface area is 195 Å². The molecule has 8 heteroatoms. The predicted molar refractivity (Wildman–Crippen MR) is 129 cm³/mol. The highest BCUT2D eigenvalue weighted by molar-refractivity contribution is 7.89. The Morgan fingerprint density at radius 3 is 2.52 bits per heavy atom. The highest BCUT2D eigenvalue weighted by Gasteiger charge is 2.33. The van der Waals surface area contributed by atoms with Crippen LogP contribution in [0.4, 0.5) is 11.4 Å². The van der Waals surface area contributed by atoms with Gasteiger partial charge in [0.05, 0.1) is 4.90 Å². The first-order valence-corrected chi connectivity index (χ1v) is 13.0. The van der Waals surface area contributed by atoms with E-state index in [0.717, 1.165) is 41.8 Å². The topological polar surface area (TPSA) is 86.8 Å². The molecule has 2 aromatic rings. The molecular weight excluding hydrogens is 438 g/mol. The predicted octanol–water partition coefficient (Wildman–Crippen LogP) is 3.59. The number of carbonyl (C=O) groups excluding carboxylic acids is 2. The van der Waals surface area contributed by atoms with Gasteiger partial charge < -0.3 is 10.2 Å². The Balaban J connectivity index is 1.42. The Bertz CT molecular complexity index is 1150. The zero-order valence-corrected chi connectivity index (χ0v) is 20.0. The van der Waals surface area contributed by atoms with E-state index in [1.165, 1.54) is 11.2 Å². The van der Waals surface area contributed by atoms with E-state index in [-0.39, 0.29) is 22.6 Å². The van der Waals surface area contributed by atoms with Crippen LogP contribution in [0.1, 0.15) is 44.2 Å². The summed E-state index contributed by atoms with van der Waals surface area (Å²) in [6.45, 7) is 4.88. The second-order valence-corrected chi connectivity index (χ2v) is 10.7. The van der Waals surface area contributed by atoms with Gasteiger partial charge in [-0.25, -0.2) is 8.42 Å². The van der Waals surface area contributed by atoms with E-state index in [2.05, 4.69) is 12.2 Å². The van der Waals surface area contributed by atoms with Crippen molar-refractivity contribution in [3.05, 3.63) is 53.6 Å². The van der Waals surface area contributed by atoms with Crippen LogP contribution in [-0.4, -0.2) is 44.2 Å². The summed E-state index contributed by atoms with van der Waals surface area (Å²) in [5.41, 5.74) is 3.63. The molecule has 2 heterocycles. The van der Waals surface area contributed by atoms with Gasteiger partial charge in [0.1, 0.15) is 0 Å². The first-order chi connectivity index (χ1) is 15.8. The van der Waals surface area contributed by atoms with Crippen LogP contribution in [0.15, 0.2) is 47.4 Å². The minimum atomic E-state index is -3.65. The SMILES string of the molecule is CCc1cccc(NC(=O)C2CCN(S(=O)(=O)c3ccc4c(c3)CCCN4C(C)=O)CC2)c1. The molecule has 0 unspecified atom stereocenters. The number of nitrogens with one attached hydrogen (secondary N) is 1. The van der Waals surface area contributed by atoms with Gasteiger partial charge in [-0.2, -0.15) is 4.31 Å². The molecule has 4 rings (SSSR count). The first-order valence-electron chi connectivity index (χ1n) is 11.6. The fourth-order valence-electron chi connectivity index (χ4n) is 4.68. The number of aryl methyl sites for hydroxylation is 2. The lowest BCUT2D eigenvalue weighted by Crippen LogP contribution is -2.41. The summed E-state index contributed by atoms with van der Waals surface area (Å²) < 4.78 is 28.0. The summed E-state index contributed by atoms with van der Waals surface area (Å²) in [5, 5.41) is 2.98. The van der Waals surface area contributed by atoms with Gasteiger partial charge in [-0.3, -0.25) is 9.59 Å². The van der Waals surface area contributed by atoms with E-state index in [4.69, 9.17) is 0 Å². The molecule has 0 bridgehead atoms. The minimum absolute atomic E-state index is 0.0340. The molecule has 0 atom stereocenters. The van der Waals surface area contributed by atoms with Gasteiger partial charge in [0.2, 0.25) is 21.8 Å². The molecule has 33 heavy (non-hydrogen) atoms. The highest BCUT2D eigenvalue weighted by atomic mass is 32.2. The summed E-state index contributed by atoms with van der Waals surface area (Å²) in [6.07, 6.45) is 3.44. The molecule has 0 aliphatic carbocycles. The van der Waals surface area contributed by atoms with Crippen molar-refractivity contribution in [3.8, 4) is 0 Å². The van der Waals surface area contributed by atoms with Crippen molar-refractivity contribution in [2.24, 2.45) is 5.92 Å². The molecule has 7 nitrogen and oxygen atoms in total. The van der Waals surface area contributed by atoms with Gasteiger partial charge in [-0.05, 0) is 73.6 Å². The van der Waals surface area contributed by atoms with E-state index in [1.54, 1.807) is 23.1 Å². The number of amides is 2. The van der Waals surface area contributed by atoms with Crippen LogP contribution in [-0.2, 0) is 32.5 Å². The largest absolute Gasteiger partial charge is 0.326 e. The van der Waals surface area contributed by atoms with Gasteiger partial charge in [-0.15, -0.1) is 0 Å². The summed E-state index contributed by atoms with van der Waals surface area (Å²) in [7, 11) is -3.65. The number of rotatable bonds is 5. The lowest BCUT2D eigenvalue weighted by Gasteiger charge is -2.32. The van der Waals surface area contributed by atoms with Crippen LogP contribution in [0.3, 0.4) is 0 Å². The summed E-state index contributed by atoms with van der Waals surface area (Å²) in [4.78, 5) is 26.6. The fraction of sp³-hybridized carbons (Fsp3) is 0.440. The number of fused-ring (bicyclic) bond motifs is 1. The third kappa shape index (κ3) is 4.96. The molecular formula is C25H31N3O4S. The molecule has 0 aromatic heterocycles. The van der Waals surface area contributed by atoms with Crippen molar-refractivity contribution in [2.75, 3.05) is 29.9 Å². The number of hydrogen-bond donors (Lipinski definition) is 1.